The molecule has 1 aliphatic carbocycles. The summed E-state index contributed by atoms with van der Waals surface area (Å²) in [6.07, 6.45) is 8.64. The fourth-order valence-corrected chi connectivity index (χ4v) is 2.85. The van der Waals surface area contributed by atoms with Gasteiger partial charge in [0.15, 0.2) is 0 Å². The zero-order valence-corrected chi connectivity index (χ0v) is 10.6. The lowest BCUT2D eigenvalue weighted by Gasteiger charge is -2.24. The van der Waals surface area contributed by atoms with Crippen LogP contribution in [0.5, 0.6) is 0 Å². The maximum atomic E-state index is 5.58. The predicted molar refractivity (Wildman–Crippen MR) is 66.7 cm³/mol. The first-order chi connectivity index (χ1) is 7.86. The van der Waals surface area contributed by atoms with E-state index >= 15 is 0 Å². The Bertz CT molecular complexity index is 186. The zero-order chi connectivity index (χ0) is 11.2. The highest BCUT2D eigenvalue weighted by atomic mass is 16.5. The minimum absolute atomic E-state index is 0.483. The monoisotopic (exact) mass is 226 g/mol. The Morgan fingerprint density at radius 2 is 2.00 bits per heavy atom. The fraction of sp³-hybridized carbons (Fsp3) is 1.00. The van der Waals surface area contributed by atoms with E-state index in [1.165, 1.54) is 45.1 Å². The van der Waals surface area contributed by atoms with E-state index in [-0.39, 0.29) is 0 Å². The van der Waals surface area contributed by atoms with E-state index < -0.39 is 0 Å². The quantitative estimate of drug-likeness (QED) is 0.697. The van der Waals surface area contributed by atoms with Crippen molar-refractivity contribution >= 4 is 0 Å². The summed E-state index contributed by atoms with van der Waals surface area (Å²) >= 11 is 0. The van der Waals surface area contributed by atoms with Gasteiger partial charge >= 0.3 is 0 Å². The van der Waals surface area contributed by atoms with Gasteiger partial charge in [-0.05, 0) is 32.7 Å². The lowest BCUT2D eigenvalue weighted by atomic mass is 10.2. The van der Waals surface area contributed by atoms with Gasteiger partial charge in [-0.1, -0.05) is 12.8 Å². The predicted octanol–water partition coefficient (Wildman–Crippen LogP) is 1.63. The first-order valence-corrected chi connectivity index (χ1v) is 6.89. The van der Waals surface area contributed by atoms with Crippen LogP contribution in [0.3, 0.4) is 0 Å². The van der Waals surface area contributed by atoms with Gasteiger partial charge in [0.25, 0.3) is 0 Å². The molecule has 1 atom stereocenters. The molecule has 3 nitrogen and oxygen atoms in total. The van der Waals surface area contributed by atoms with Crippen molar-refractivity contribution in [1.29, 1.82) is 0 Å². The molecule has 16 heavy (non-hydrogen) atoms. The SMILES string of the molecule is CN(CCNCC1CCCO1)C1CCCC1. The highest BCUT2D eigenvalue weighted by molar-refractivity contribution is 4.76. The molecule has 0 amide bonds. The van der Waals surface area contributed by atoms with Crippen LogP contribution in [0.25, 0.3) is 0 Å². The van der Waals surface area contributed by atoms with Crippen molar-refractivity contribution in [2.24, 2.45) is 0 Å². The molecule has 1 unspecified atom stereocenters. The van der Waals surface area contributed by atoms with E-state index in [0.717, 1.165) is 25.7 Å². The van der Waals surface area contributed by atoms with E-state index in [1.54, 1.807) is 0 Å². The van der Waals surface area contributed by atoms with Crippen molar-refractivity contribution in [3.8, 4) is 0 Å². The Hall–Kier alpha value is -0.120. The molecule has 0 aromatic rings. The van der Waals surface area contributed by atoms with Crippen molar-refractivity contribution in [2.45, 2.75) is 50.7 Å². The second-order valence-corrected chi connectivity index (χ2v) is 5.26. The standard InChI is InChI=1S/C13H26N2O/c1-15(12-5-2-3-6-12)9-8-14-11-13-7-4-10-16-13/h12-14H,2-11H2,1H3. The summed E-state index contributed by atoms with van der Waals surface area (Å²) in [7, 11) is 2.27. The second-order valence-electron chi connectivity index (χ2n) is 5.26. The number of ether oxygens (including phenoxy) is 1. The van der Waals surface area contributed by atoms with Crippen LogP contribution in [0.2, 0.25) is 0 Å². The molecule has 0 aromatic heterocycles. The average Bonchev–Trinajstić information content (AvgIpc) is 2.96. The average molecular weight is 226 g/mol. The van der Waals surface area contributed by atoms with Crippen molar-refractivity contribution in [3.05, 3.63) is 0 Å². The summed E-state index contributed by atoms with van der Waals surface area (Å²) in [5, 5.41) is 3.52. The molecule has 2 rings (SSSR count). The molecule has 1 saturated heterocycles. The first-order valence-electron chi connectivity index (χ1n) is 6.89. The summed E-state index contributed by atoms with van der Waals surface area (Å²) in [5.41, 5.74) is 0. The Kier molecular flexibility index (Phi) is 5.07. The van der Waals surface area contributed by atoms with Crippen LogP contribution in [-0.4, -0.2) is 50.3 Å². The number of rotatable bonds is 6. The van der Waals surface area contributed by atoms with E-state index in [4.69, 9.17) is 4.74 Å². The van der Waals surface area contributed by atoms with Crippen molar-refractivity contribution in [1.82, 2.24) is 10.2 Å². The number of likely N-dealkylation sites (N-methyl/N-ethyl adjacent to an activating group) is 1. The van der Waals surface area contributed by atoms with Crippen LogP contribution >= 0.6 is 0 Å². The second kappa shape index (κ2) is 6.58. The zero-order valence-electron chi connectivity index (χ0n) is 10.6. The van der Waals surface area contributed by atoms with Crippen molar-refractivity contribution in [3.63, 3.8) is 0 Å². The Balaban J connectivity index is 1.50. The summed E-state index contributed by atoms with van der Waals surface area (Å²) in [6.45, 7) is 4.29. The maximum absolute atomic E-state index is 5.58. The topological polar surface area (TPSA) is 24.5 Å². The van der Waals surface area contributed by atoms with Gasteiger partial charge in [-0.15, -0.1) is 0 Å². The number of nitrogens with zero attached hydrogens (tertiary/aromatic N) is 1. The molecule has 94 valence electrons. The maximum Gasteiger partial charge on any atom is 0.0700 e. The van der Waals surface area contributed by atoms with Gasteiger partial charge in [-0.3, -0.25) is 0 Å². The van der Waals surface area contributed by atoms with E-state index in [2.05, 4.69) is 17.3 Å². The van der Waals surface area contributed by atoms with E-state index in [9.17, 15) is 0 Å². The van der Waals surface area contributed by atoms with Crippen molar-refractivity contribution in [2.75, 3.05) is 33.3 Å². The minimum atomic E-state index is 0.483. The molecular weight excluding hydrogens is 200 g/mol. The third kappa shape index (κ3) is 3.72. The molecule has 2 fully saturated rings. The van der Waals surface area contributed by atoms with Gasteiger partial charge in [0.1, 0.15) is 0 Å². The van der Waals surface area contributed by atoms with Gasteiger partial charge in [-0.2, -0.15) is 0 Å². The van der Waals surface area contributed by atoms with Gasteiger partial charge < -0.3 is 15.0 Å². The van der Waals surface area contributed by atoms with Gasteiger partial charge in [0.05, 0.1) is 6.10 Å². The molecule has 0 aromatic carbocycles. The van der Waals surface area contributed by atoms with Gasteiger partial charge in [-0.25, -0.2) is 0 Å². The smallest absolute Gasteiger partial charge is 0.0700 e. The Morgan fingerprint density at radius 1 is 1.19 bits per heavy atom. The third-order valence-corrected chi connectivity index (χ3v) is 3.99. The van der Waals surface area contributed by atoms with Crippen LogP contribution in [0.1, 0.15) is 38.5 Å². The van der Waals surface area contributed by atoms with Crippen LogP contribution in [0, 0.1) is 0 Å². The van der Waals surface area contributed by atoms with Crippen molar-refractivity contribution < 1.29 is 4.74 Å². The van der Waals surface area contributed by atoms with E-state index in [1.807, 2.05) is 0 Å². The molecule has 1 N–H and O–H groups in total. The first kappa shape index (κ1) is 12.3. The largest absolute Gasteiger partial charge is 0.377 e. The molecule has 3 heteroatoms. The highest BCUT2D eigenvalue weighted by Crippen LogP contribution is 2.21. The molecule has 1 saturated carbocycles. The van der Waals surface area contributed by atoms with Crippen LogP contribution in [-0.2, 0) is 4.74 Å². The summed E-state index contributed by atoms with van der Waals surface area (Å²) in [4.78, 5) is 2.52. The fourth-order valence-electron chi connectivity index (χ4n) is 2.85. The van der Waals surface area contributed by atoms with E-state index in [0.29, 0.717) is 6.10 Å². The molecule has 0 bridgehead atoms. The molecule has 0 spiro atoms. The number of nitrogens with one attached hydrogen (secondary N) is 1. The van der Waals surface area contributed by atoms with Crippen LogP contribution in [0.15, 0.2) is 0 Å². The molecule has 0 radical (unpaired) electrons. The lowest BCUT2D eigenvalue weighted by molar-refractivity contribution is 0.109. The van der Waals surface area contributed by atoms with Crippen LogP contribution < -0.4 is 5.32 Å². The Morgan fingerprint density at radius 3 is 2.69 bits per heavy atom. The van der Waals surface area contributed by atoms with Gasteiger partial charge in [0.2, 0.25) is 0 Å². The highest BCUT2D eigenvalue weighted by Gasteiger charge is 2.19. The summed E-state index contributed by atoms with van der Waals surface area (Å²) in [6, 6.07) is 0.851. The molecular formula is C13H26N2O. The number of hydrogen-bond donors (Lipinski definition) is 1. The normalized spacial score (nSPS) is 27.0. The number of hydrogen-bond acceptors (Lipinski definition) is 3. The molecule has 2 aliphatic rings. The molecule has 1 heterocycles. The minimum Gasteiger partial charge on any atom is -0.377 e. The summed E-state index contributed by atoms with van der Waals surface area (Å²) < 4.78 is 5.58. The lowest BCUT2D eigenvalue weighted by Crippen LogP contribution is -2.37. The Labute approximate surface area is 99.5 Å². The molecule has 1 aliphatic heterocycles. The summed E-state index contributed by atoms with van der Waals surface area (Å²) in [5.74, 6) is 0. The van der Waals surface area contributed by atoms with Gasteiger partial charge in [0, 0.05) is 32.3 Å². The third-order valence-electron chi connectivity index (χ3n) is 3.99. The van der Waals surface area contributed by atoms with Crippen LogP contribution in [0.4, 0.5) is 0 Å².